The van der Waals surface area contributed by atoms with Gasteiger partial charge in [0.15, 0.2) is 0 Å². The van der Waals surface area contributed by atoms with Gasteiger partial charge in [-0.05, 0) is 32.4 Å². The lowest BCUT2D eigenvalue weighted by atomic mass is 10.2. The van der Waals surface area contributed by atoms with Crippen molar-refractivity contribution in [3.05, 3.63) is 23.9 Å². The number of hydrogen-bond acceptors (Lipinski definition) is 5. The quantitative estimate of drug-likeness (QED) is 0.856. The van der Waals surface area contributed by atoms with E-state index in [0.29, 0.717) is 11.8 Å². The molecule has 0 atom stereocenters. The molecule has 2 aromatic rings. The molecule has 2 aromatic heterocycles. The number of rotatable bonds is 3. The molecule has 84 valence electrons. The van der Waals surface area contributed by atoms with Gasteiger partial charge in [0.05, 0.1) is 0 Å². The van der Waals surface area contributed by atoms with Crippen LogP contribution in [0.3, 0.4) is 0 Å². The summed E-state index contributed by atoms with van der Waals surface area (Å²) in [4.78, 5) is 8.46. The lowest BCUT2D eigenvalue weighted by Gasteiger charge is -2.01. The molecule has 0 saturated carbocycles. The van der Waals surface area contributed by atoms with E-state index < -0.39 is 0 Å². The van der Waals surface area contributed by atoms with Gasteiger partial charge in [0.2, 0.25) is 5.82 Å². The number of aryl methyl sites for hydroxylation is 1. The average molecular weight is 218 g/mol. The first-order valence-corrected chi connectivity index (χ1v) is 5.19. The standard InChI is InChI=1S/C11H14N4O/c1-7(2)13-11-14-10(15-16-11)9-8(3)5-4-6-12-9/h4-7H,1-3H3,(H,13,14,15). The molecule has 5 nitrogen and oxygen atoms in total. The van der Waals surface area contributed by atoms with E-state index in [4.69, 9.17) is 4.52 Å². The Balaban J connectivity index is 2.28. The maximum absolute atomic E-state index is 5.07. The number of nitrogens with zero attached hydrogens (tertiary/aromatic N) is 3. The molecular formula is C11H14N4O. The van der Waals surface area contributed by atoms with Gasteiger partial charge in [-0.25, -0.2) is 0 Å². The second-order valence-electron chi connectivity index (χ2n) is 3.89. The summed E-state index contributed by atoms with van der Waals surface area (Å²) in [6, 6.07) is 4.54. The Hall–Kier alpha value is -1.91. The van der Waals surface area contributed by atoms with E-state index in [-0.39, 0.29) is 6.04 Å². The zero-order chi connectivity index (χ0) is 11.5. The van der Waals surface area contributed by atoms with E-state index in [2.05, 4.69) is 20.4 Å². The van der Waals surface area contributed by atoms with Crippen LogP contribution in [0.25, 0.3) is 11.5 Å². The molecule has 1 N–H and O–H groups in total. The van der Waals surface area contributed by atoms with Crippen molar-refractivity contribution in [1.29, 1.82) is 0 Å². The maximum Gasteiger partial charge on any atom is 0.322 e. The summed E-state index contributed by atoms with van der Waals surface area (Å²) in [6.45, 7) is 5.99. The normalized spacial score (nSPS) is 10.8. The third kappa shape index (κ3) is 2.18. The highest BCUT2D eigenvalue weighted by molar-refractivity contribution is 5.54. The van der Waals surface area contributed by atoms with E-state index in [0.717, 1.165) is 11.3 Å². The third-order valence-electron chi connectivity index (χ3n) is 2.06. The second kappa shape index (κ2) is 4.30. The molecule has 0 aliphatic heterocycles. The molecule has 5 heteroatoms. The van der Waals surface area contributed by atoms with Crippen LogP contribution in [-0.4, -0.2) is 21.2 Å². The van der Waals surface area contributed by atoms with Gasteiger partial charge in [-0.1, -0.05) is 11.2 Å². The molecule has 2 rings (SSSR count). The highest BCUT2D eigenvalue weighted by Crippen LogP contribution is 2.18. The van der Waals surface area contributed by atoms with E-state index in [1.54, 1.807) is 6.20 Å². The minimum Gasteiger partial charge on any atom is -0.336 e. The smallest absolute Gasteiger partial charge is 0.322 e. The summed E-state index contributed by atoms with van der Waals surface area (Å²) < 4.78 is 5.07. The first-order valence-electron chi connectivity index (χ1n) is 5.19. The molecule has 0 saturated heterocycles. The van der Waals surface area contributed by atoms with Crippen molar-refractivity contribution in [2.75, 3.05) is 5.32 Å². The van der Waals surface area contributed by atoms with Crippen molar-refractivity contribution < 1.29 is 4.52 Å². The third-order valence-corrected chi connectivity index (χ3v) is 2.06. The fraction of sp³-hybridized carbons (Fsp3) is 0.364. The van der Waals surface area contributed by atoms with Gasteiger partial charge in [0.25, 0.3) is 0 Å². The van der Waals surface area contributed by atoms with Crippen molar-refractivity contribution in [2.24, 2.45) is 0 Å². The van der Waals surface area contributed by atoms with E-state index in [9.17, 15) is 0 Å². The Labute approximate surface area is 93.9 Å². The summed E-state index contributed by atoms with van der Waals surface area (Å²) >= 11 is 0. The minimum absolute atomic E-state index is 0.262. The molecule has 0 unspecified atom stereocenters. The molecule has 0 amide bonds. The summed E-state index contributed by atoms with van der Waals surface area (Å²) in [6.07, 6.45) is 1.72. The van der Waals surface area contributed by atoms with Crippen LogP contribution in [0.5, 0.6) is 0 Å². The Kier molecular flexibility index (Phi) is 2.85. The molecule has 2 heterocycles. The fourth-order valence-corrected chi connectivity index (χ4v) is 1.35. The highest BCUT2D eigenvalue weighted by atomic mass is 16.5. The lowest BCUT2D eigenvalue weighted by Crippen LogP contribution is -2.09. The van der Waals surface area contributed by atoms with Gasteiger partial charge in [0.1, 0.15) is 5.69 Å². The molecule has 0 spiro atoms. The zero-order valence-electron chi connectivity index (χ0n) is 9.56. The van der Waals surface area contributed by atoms with E-state index >= 15 is 0 Å². The van der Waals surface area contributed by atoms with Crippen LogP contribution in [0.4, 0.5) is 6.01 Å². The number of pyridine rings is 1. The van der Waals surface area contributed by atoms with Crippen LogP contribution in [0.1, 0.15) is 19.4 Å². The number of hydrogen-bond donors (Lipinski definition) is 1. The monoisotopic (exact) mass is 218 g/mol. The molecule has 16 heavy (non-hydrogen) atoms. The summed E-state index contributed by atoms with van der Waals surface area (Å²) in [5.41, 5.74) is 1.78. The Bertz CT molecular complexity index is 478. The van der Waals surface area contributed by atoms with Crippen LogP contribution < -0.4 is 5.32 Å². The molecule has 0 aliphatic rings. The van der Waals surface area contributed by atoms with Crippen molar-refractivity contribution in [3.63, 3.8) is 0 Å². The van der Waals surface area contributed by atoms with Crippen LogP contribution in [0.2, 0.25) is 0 Å². The van der Waals surface area contributed by atoms with Crippen LogP contribution in [0.15, 0.2) is 22.9 Å². The topological polar surface area (TPSA) is 63.8 Å². The Morgan fingerprint density at radius 1 is 1.38 bits per heavy atom. The summed E-state index contributed by atoms with van der Waals surface area (Å²) in [5, 5.41) is 6.94. The predicted molar refractivity (Wildman–Crippen MR) is 61.0 cm³/mol. The first-order chi connectivity index (χ1) is 7.66. The zero-order valence-corrected chi connectivity index (χ0v) is 9.56. The Morgan fingerprint density at radius 3 is 2.88 bits per heavy atom. The van der Waals surface area contributed by atoms with Crippen molar-refractivity contribution in [3.8, 4) is 11.5 Å². The first kappa shape index (κ1) is 10.6. The van der Waals surface area contributed by atoms with Gasteiger partial charge in [0, 0.05) is 12.2 Å². The minimum atomic E-state index is 0.262. The fourth-order valence-electron chi connectivity index (χ4n) is 1.35. The van der Waals surface area contributed by atoms with E-state index in [1.807, 2.05) is 32.9 Å². The predicted octanol–water partition coefficient (Wildman–Crippen LogP) is 2.26. The van der Waals surface area contributed by atoms with Gasteiger partial charge in [-0.3, -0.25) is 4.98 Å². The van der Waals surface area contributed by atoms with Gasteiger partial charge < -0.3 is 9.84 Å². The van der Waals surface area contributed by atoms with Gasteiger partial charge in [-0.15, -0.1) is 0 Å². The average Bonchev–Trinajstić information content (AvgIpc) is 2.66. The number of nitrogens with one attached hydrogen (secondary N) is 1. The van der Waals surface area contributed by atoms with Crippen molar-refractivity contribution in [2.45, 2.75) is 26.8 Å². The van der Waals surface area contributed by atoms with Crippen molar-refractivity contribution in [1.82, 2.24) is 15.1 Å². The van der Waals surface area contributed by atoms with Crippen LogP contribution >= 0.6 is 0 Å². The lowest BCUT2D eigenvalue weighted by molar-refractivity contribution is 0.429. The molecule has 0 radical (unpaired) electrons. The van der Waals surface area contributed by atoms with Gasteiger partial charge >= 0.3 is 6.01 Å². The van der Waals surface area contributed by atoms with E-state index in [1.165, 1.54) is 0 Å². The van der Waals surface area contributed by atoms with Crippen LogP contribution in [0, 0.1) is 6.92 Å². The summed E-state index contributed by atoms with van der Waals surface area (Å²) in [7, 11) is 0. The molecular weight excluding hydrogens is 204 g/mol. The largest absolute Gasteiger partial charge is 0.336 e. The highest BCUT2D eigenvalue weighted by Gasteiger charge is 2.11. The maximum atomic E-state index is 5.07. The van der Waals surface area contributed by atoms with Crippen LogP contribution in [-0.2, 0) is 0 Å². The molecule has 0 fully saturated rings. The second-order valence-corrected chi connectivity index (χ2v) is 3.89. The summed E-state index contributed by atoms with van der Waals surface area (Å²) in [5.74, 6) is 0.515. The molecule has 0 aromatic carbocycles. The Morgan fingerprint density at radius 2 is 2.19 bits per heavy atom. The number of anilines is 1. The SMILES string of the molecule is Cc1cccnc1-c1noc(NC(C)C)n1. The molecule has 0 aliphatic carbocycles. The number of aromatic nitrogens is 3. The molecule has 0 bridgehead atoms. The van der Waals surface area contributed by atoms with Gasteiger partial charge in [-0.2, -0.15) is 4.98 Å². The van der Waals surface area contributed by atoms with Crippen molar-refractivity contribution >= 4 is 6.01 Å².